The number of aliphatic hydroxyl groups excluding tert-OH is 1. The molecule has 0 bridgehead atoms. The molecule has 1 aliphatic rings. The number of anilines is 1. The van der Waals surface area contributed by atoms with Crippen LogP contribution in [-0.2, 0) is 0 Å². The zero-order chi connectivity index (χ0) is 14.8. The molecule has 2 unspecified atom stereocenters. The van der Waals surface area contributed by atoms with Crippen LogP contribution < -0.4 is 11.1 Å². The Labute approximate surface area is 120 Å². The van der Waals surface area contributed by atoms with Crippen molar-refractivity contribution in [3.63, 3.8) is 0 Å². The summed E-state index contributed by atoms with van der Waals surface area (Å²) >= 11 is 0. The van der Waals surface area contributed by atoms with Gasteiger partial charge in [-0.25, -0.2) is 0 Å². The summed E-state index contributed by atoms with van der Waals surface area (Å²) in [6, 6.07) is 5.34. The highest BCUT2D eigenvalue weighted by Gasteiger charge is 2.35. The van der Waals surface area contributed by atoms with Gasteiger partial charge in [0.1, 0.15) is 0 Å². The van der Waals surface area contributed by atoms with Gasteiger partial charge in [0.15, 0.2) is 0 Å². The van der Waals surface area contributed by atoms with Crippen LogP contribution in [0.2, 0.25) is 0 Å². The standard InChI is InChI=1S/C16H24N2O2/c1-11-6-7-12(17)9-13(11)15(20)18-10-16(2)8-4-3-5-14(16)19/h6-7,9,14,19H,3-5,8,10,17H2,1-2H3,(H,18,20). The Kier molecular flexibility index (Phi) is 4.33. The summed E-state index contributed by atoms with van der Waals surface area (Å²) in [5, 5.41) is 13.1. The van der Waals surface area contributed by atoms with E-state index in [0.29, 0.717) is 17.8 Å². The molecule has 2 rings (SSSR count). The van der Waals surface area contributed by atoms with Crippen LogP contribution in [0.4, 0.5) is 5.69 Å². The van der Waals surface area contributed by atoms with Crippen LogP contribution in [0, 0.1) is 12.3 Å². The fourth-order valence-electron chi connectivity index (χ4n) is 2.85. The summed E-state index contributed by atoms with van der Waals surface area (Å²) < 4.78 is 0. The summed E-state index contributed by atoms with van der Waals surface area (Å²) in [5.41, 5.74) is 7.62. The van der Waals surface area contributed by atoms with Gasteiger partial charge in [0, 0.05) is 23.2 Å². The first-order valence-electron chi connectivity index (χ1n) is 7.25. The fraction of sp³-hybridized carbons (Fsp3) is 0.562. The van der Waals surface area contributed by atoms with Crippen molar-refractivity contribution in [2.24, 2.45) is 5.41 Å². The maximum atomic E-state index is 12.3. The third-order valence-corrected chi connectivity index (χ3v) is 4.44. The lowest BCUT2D eigenvalue weighted by Gasteiger charge is -2.38. The van der Waals surface area contributed by atoms with Gasteiger partial charge in [-0.2, -0.15) is 0 Å². The molecule has 1 aromatic rings. The number of hydrogen-bond donors (Lipinski definition) is 3. The maximum Gasteiger partial charge on any atom is 0.251 e. The fourth-order valence-corrected chi connectivity index (χ4v) is 2.85. The summed E-state index contributed by atoms with van der Waals surface area (Å²) in [6.07, 6.45) is 3.62. The highest BCUT2D eigenvalue weighted by Crippen LogP contribution is 2.35. The second-order valence-electron chi connectivity index (χ2n) is 6.17. The molecule has 0 heterocycles. The zero-order valence-electron chi connectivity index (χ0n) is 12.3. The lowest BCUT2D eigenvalue weighted by molar-refractivity contribution is 0.00190. The third-order valence-electron chi connectivity index (χ3n) is 4.44. The minimum absolute atomic E-state index is 0.117. The Morgan fingerprint density at radius 2 is 2.25 bits per heavy atom. The van der Waals surface area contributed by atoms with Gasteiger partial charge < -0.3 is 16.2 Å². The van der Waals surface area contributed by atoms with Gasteiger partial charge in [0.05, 0.1) is 6.10 Å². The molecule has 4 N–H and O–H groups in total. The van der Waals surface area contributed by atoms with E-state index in [2.05, 4.69) is 5.32 Å². The quantitative estimate of drug-likeness (QED) is 0.741. The molecule has 1 amide bonds. The summed E-state index contributed by atoms with van der Waals surface area (Å²) in [5.74, 6) is -0.117. The van der Waals surface area contributed by atoms with Crippen LogP contribution in [0.3, 0.4) is 0 Å². The molecule has 0 saturated heterocycles. The second kappa shape index (κ2) is 5.83. The van der Waals surface area contributed by atoms with Crippen LogP contribution in [0.5, 0.6) is 0 Å². The normalized spacial score (nSPS) is 26.2. The van der Waals surface area contributed by atoms with Gasteiger partial charge in [-0.15, -0.1) is 0 Å². The van der Waals surface area contributed by atoms with Crippen LogP contribution in [0.15, 0.2) is 18.2 Å². The predicted octanol–water partition coefficient (Wildman–Crippen LogP) is 2.25. The molecule has 110 valence electrons. The Balaban J connectivity index is 2.03. The monoisotopic (exact) mass is 276 g/mol. The predicted molar refractivity (Wildman–Crippen MR) is 80.5 cm³/mol. The number of nitrogens with two attached hydrogens (primary N) is 1. The van der Waals surface area contributed by atoms with E-state index < -0.39 is 0 Å². The second-order valence-corrected chi connectivity index (χ2v) is 6.17. The van der Waals surface area contributed by atoms with Gasteiger partial charge in [0.25, 0.3) is 5.91 Å². The number of aliphatic hydroxyl groups is 1. The topological polar surface area (TPSA) is 75.4 Å². The molecule has 0 spiro atoms. The maximum absolute atomic E-state index is 12.3. The van der Waals surface area contributed by atoms with Crippen molar-refractivity contribution >= 4 is 11.6 Å². The molecule has 0 radical (unpaired) electrons. The molecule has 2 atom stereocenters. The Bertz CT molecular complexity index is 501. The van der Waals surface area contributed by atoms with E-state index in [1.165, 1.54) is 0 Å². The molecule has 0 aliphatic heterocycles. The number of carbonyl (C=O) groups excluding carboxylic acids is 1. The van der Waals surface area contributed by atoms with Crippen molar-refractivity contribution < 1.29 is 9.90 Å². The number of aryl methyl sites for hydroxylation is 1. The largest absolute Gasteiger partial charge is 0.399 e. The Morgan fingerprint density at radius 3 is 2.95 bits per heavy atom. The first-order valence-corrected chi connectivity index (χ1v) is 7.25. The Morgan fingerprint density at radius 1 is 1.50 bits per heavy atom. The molecule has 4 nitrogen and oxygen atoms in total. The van der Waals surface area contributed by atoms with Gasteiger partial charge in [-0.1, -0.05) is 25.8 Å². The lowest BCUT2D eigenvalue weighted by Crippen LogP contribution is -2.45. The molecule has 4 heteroatoms. The van der Waals surface area contributed by atoms with Crippen LogP contribution >= 0.6 is 0 Å². The van der Waals surface area contributed by atoms with E-state index in [4.69, 9.17) is 5.73 Å². The average molecular weight is 276 g/mol. The zero-order valence-corrected chi connectivity index (χ0v) is 12.3. The van der Waals surface area contributed by atoms with Gasteiger partial charge >= 0.3 is 0 Å². The number of benzene rings is 1. The molecular formula is C16H24N2O2. The van der Waals surface area contributed by atoms with E-state index in [1.807, 2.05) is 19.9 Å². The van der Waals surface area contributed by atoms with Crippen molar-refractivity contribution in [1.29, 1.82) is 0 Å². The van der Waals surface area contributed by atoms with Crippen LogP contribution in [0.25, 0.3) is 0 Å². The molecule has 20 heavy (non-hydrogen) atoms. The first kappa shape index (κ1) is 14.9. The molecule has 1 aromatic carbocycles. The van der Waals surface area contributed by atoms with E-state index in [0.717, 1.165) is 31.2 Å². The molecule has 0 aromatic heterocycles. The van der Waals surface area contributed by atoms with Crippen LogP contribution in [-0.4, -0.2) is 23.7 Å². The van der Waals surface area contributed by atoms with Crippen molar-refractivity contribution in [2.75, 3.05) is 12.3 Å². The summed E-state index contributed by atoms with van der Waals surface area (Å²) in [6.45, 7) is 4.44. The van der Waals surface area contributed by atoms with E-state index in [1.54, 1.807) is 12.1 Å². The summed E-state index contributed by atoms with van der Waals surface area (Å²) in [4.78, 5) is 12.3. The minimum atomic E-state index is -0.335. The van der Waals surface area contributed by atoms with Gasteiger partial charge in [0.2, 0.25) is 0 Å². The smallest absolute Gasteiger partial charge is 0.251 e. The molecule has 1 aliphatic carbocycles. The van der Waals surface area contributed by atoms with E-state index in [9.17, 15) is 9.90 Å². The highest BCUT2D eigenvalue weighted by atomic mass is 16.3. The number of rotatable bonds is 3. The molecular weight excluding hydrogens is 252 g/mol. The van der Waals surface area contributed by atoms with E-state index >= 15 is 0 Å². The van der Waals surface area contributed by atoms with Crippen molar-refractivity contribution in [3.8, 4) is 0 Å². The Hall–Kier alpha value is -1.55. The average Bonchev–Trinajstić information content (AvgIpc) is 2.42. The number of nitrogens with one attached hydrogen (secondary N) is 1. The van der Waals surface area contributed by atoms with Crippen molar-refractivity contribution in [1.82, 2.24) is 5.32 Å². The van der Waals surface area contributed by atoms with Gasteiger partial charge in [-0.3, -0.25) is 4.79 Å². The first-order chi connectivity index (χ1) is 9.42. The third kappa shape index (κ3) is 3.12. The van der Waals surface area contributed by atoms with Crippen LogP contribution in [0.1, 0.15) is 48.5 Å². The lowest BCUT2D eigenvalue weighted by atomic mass is 9.73. The van der Waals surface area contributed by atoms with Gasteiger partial charge in [-0.05, 0) is 37.5 Å². The number of amides is 1. The number of nitrogen functional groups attached to an aromatic ring is 1. The van der Waals surface area contributed by atoms with Crippen molar-refractivity contribution in [3.05, 3.63) is 29.3 Å². The van der Waals surface area contributed by atoms with E-state index in [-0.39, 0.29) is 17.4 Å². The SMILES string of the molecule is Cc1ccc(N)cc1C(=O)NCC1(C)CCCCC1O. The highest BCUT2D eigenvalue weighted by molar-refractivity contribution is 5.96. The minimum Gasteiger partial charge on any atom is -0.399 e. The van der Waals surface area contributed by atoms with Crippen molar-refractivity contribution in [2.45, 2.75) is 45.6 Å². The summed E-state index contributed by atoms with van der Waals surface area (Å²) in [7, 11) is 0. The molecule has 1 fully saturated rings. The molecule has 1 saturated carbocycles. The number of carbonyl (C=O) groups is 1. The number of hydrogen-bond acceptors (Lipinski definition) is 3.